The highest BCUT2D eigenvalue weighted by molar-refractivity contribution is 6.02. The fourth-order valence-electron chi connectivity index (χ4n) is 4.09. The Morgan fingerprint density at radius 2 is 1.47 bits per heavy atom. The van der Waals surface area contributed by atoms with E-state index in [-0.39, 0.29) is 24.0 Å². The number of piperidine rings is 1. The Kier molecular flexibility index (Phi) is 8.10. The Morgan fingerprint density at radius 1 is 0.969 bits per heavy atom. The van der Waals surface area contributed by atoms with E-state index in [2.05, 4.69) is 4.90 Å². The van der Waals surface area contributed by atoms with E-state index in [0.29, 0.717) is 39.1 Å². The van der Waals surface area contributed by atoms with Crippen molar-refractivity contribution in [1.29, 1.82) is 0 Å². The predicted molar refractivity (Wildman–Crippen MR) is 116 cm³/mol. The number of halogens is 2. The summed E-state index contributed by atoms with van der Waals surface area (Å²) < 4.78 is 38.0. The number of benzene rings is 2. The van der Waals surface area contributed by atoms with Crippen molar-refractivity contribution in [2.75, 3.05) is 32.8 Å². The van der Waals surface area contributed by atoms with Gasteiger partial charge in [-0.1, -0.05) is 24.3 Å². The number of ketones is 1. The second-order valence-electron chi connectivity index (χ2n) is 8.05. The third kappa shape index (κ3) is 5.58. The van der Waals surface area contributed by atoms with Crippen molar-refractivity contribution in [3.63, 3.8) is 0 Å². The molecule has 0 bridgehead atoms. The minimum Gasteiger partial charge on any atom is -0.465 e. The lowest BCUT2D eigenvalue weighted by molar-refractivity contribution is -0.163. The highest BCUT2D eigenvalue weighted by Crippen LogP contribution is 2.34. The Bertz CT molecular complexity index is 861. The Labute approximate surface area is 187 Å². The molecule has 0 unspecified atom stereocenters. The Balaban J connectivity index is 1.62. The minimum absolute atomic E-state index is 0.153. The first-order chi connectivity index (χ1) is 15.4. The lowest BCUT2D eigenvalue weighted by Crippen LogP contribution is -2.49. The summed E-state index contributed by atoms with van der Waals surface area (Å²) in [5.41, 5.74) is 0.488. The molecule has 0 aliphatic carbocycles. The van der Waals surface area contributed by atoms with Gasteiger partial charge in [-0.15, -0.1) is 0 Å². The second kappa shape index (κ2) is 10.8. The van der Waals surface area contributed by atoms with Crippen LogP contribution in [0.25, 0.3) is 0 Å². The molecule has 0 spiro atoms. The molecule has 2 aromatic rings. The molecule has 2 aromatic carbocycles. The summed E-state index contributed by atoms with van der Waals surface area (Å²) in [6, 6.07) is 12.1. The van der Waals surface area contributed by atoms with Gasteiger partial charge in [-0.3, -0.25) is 9.59 Å². The fraction of sp³-hybridized carbons (Fsp3) is 0.440. The van der Waals surface area contributed by atoms with Gasteiger partial charge in [0, 0.05) is 6.54 Å². The Hall–Kier alpha value is -2.64. The molecular formula is C25H29F2NO4. The molecule has 0 aromatic heterocycles. The van der Waals surface area contributed by atoms with Crippen LogP contribution >= 0.6 is 0 Å². The first-order valence-corrected chi connectivity index (χ1v) is 10.9. The number of esters is 1. The third-order valence-corrected chi connectivity index (χ3v) is 6.09. The van der Waals surface area contributed by atoms with Gasteiger partial charge in [-0.25, -0.2) is 8.78 Å². The lowest BCUT2D eigenvalue weighted by Gasteiger charge is -2.38. The van der Waals surface area contributed by atoms with Gasteiger partial charge in [0.2, 0.25) is 0 Å². The van der Waals surface area contributed by atoms with Crippen molar-refractivity contribution in [2.45, 2.75) is 32.8 Å². The normalized spacial score (nSPS) is 16.2. The average molecular weight is 446 g/mol. The van der Waals surface area contributed by atoms with E-state index >= 15 is 0 Å². The number of carbonyl (C=O) groups excluding carboxylic acids is 2. The second-order valence-corrected chi connectivity index (χ2v) is 8.05. The molecule has 3 rings (SSSR count). The number of hydrogen-bond acceptors (Lipinski definition) is 5. The van der Waals surface area contributed by atoms with E-state index < -0.39 is 17.5 Å². The van der Waals surface area contributed by atoms with Crippen LogP contribution in [0.5, 0.6) is 0 Å². The van der Waals surface area contributed by atoms with E-state index in [1.54, 1.807) is 31.2 Å². The van der Waals surface area contributed by atoms with Crippen LogP contribution in [-0.2, 0) is 19.1 Å². The molecule has 0 amide bonds. The average Bonchev–Trinajstić information content (AvgIpc) is 2.79. The van der Waals surface area contributed by atoms with Gasteiger partial charge in [0.05, 0.1) is 13.2 Å². The van der Waals surface area contributed by atoms with Gasteiger partial charge < -0.3 is 14.4 Å². The van der Waals surface area contributed by atoms with Gasteiger partial charge >= 0.3 is 5.97 Å². The number of likely N-dealkylation sites (tertiary alicyclic amines) is 1. The van der Waals surface area contributed by atoms with E-state index in [9.17, 15) is 18.4 Å². The summed E-state index contributed by atoms with van der Waals surface area (Å²) in [5.74, 6) is -1.26. The topological polar surface area (TPSA) is 55.8 Å². The van der Waals surface area contributed by atoms with Crippen LogP contribution in [0.15, 0.2) is 48.5 Å². The van der Waals surface area contributed by atoms with Crippen LogP contribution in [0.3, 0.4) is 0 Å². The first kappa shape index (κ1) is 24.0. The molecule has 1 heterocycles. The molecule has 0 saturated carbocycles. The van der Waals surface area contributed by atoms with Gasteiger partial charge in [0.25, 0.3) is 0 Å². The number of hydrogen-bond donors (Lipinski definition) is 0. The largest absolute Gasteiger partial charge is 0.465 e. The quantitative estimate of drug-likeness (QED) is 0.425. The number of carbonyl (C=O) groups is 2. The zero-order chi connectivity index (χ0) is 23.1. The molecule has 172 valence electrons. The van der Waals surface area contributed by atoms with Crippen molar-refractivity contribution in [1.82, 2.24) is 4.90 Å². The van der Waals surface area contributed by atoms with Gasteiger partial charge in [-0.2, -0.15) is 0 Å². The van der Waals surface area contributed by atoms with Crippen LogP contribution in [-0.4, -0.2) is 49.5 Å². The smallest absolute Gasteiger partial charge is 0.319 e. The summed E-state index contributed by atoms with van der Waals surface area (Å²) in [5, 5.41) is 0. The van der Waals surface area contributed by atoms with E-state index in [0.717, 1.165) is 11.1 Å². The lowest BCUT2D eigenvalue weighted by atomic mass is 9.75. The van der Waals surface area contributed by atoms with Crippen LogP contribution in [0.1, 0.15) is 43.9 Å². The predicted octanol–water partition coefficient (Wildman–Crippen LogP) is 4.31. The maximum atomic E-state index is 13.4. The maximum Gasteiger partial charge on any atom is 0.319 e. The number of nitrogens with zero attached hydrogens (tertiary/aromatic N) is 1. The molecule has 1 aliphatic rings. The summed E-state index contributed by atoms with van der Waals surface area (Å²) in [6.07, 6.45) is 0.373. The molecule has 0 N–H and O–H groups in total. The number of ether oxygens (including phenoxy) is 2. The van der Waals surface area contributed by atoms with E-state index in [4.69, 9.17) is 9.47 Å². The van der Waals surface area contributed by atoms with Crippen molar-refractivity contribution in [3.8, 4) is 0 Å². The minimum atomic E-state index is -1.06. The first-order valence-electron chi connectivity index (χ1n) is 10.9. The number of rotatable bonds is 9. The molecule has 1 saturated heterocycles. The van der Waals surface area contributed by atoms with Gasteiger partial charge in [-0.05, 0) is 75.2 Å². The highest BCUT2D eigenvalue weighted by atomic mass is 19.1. The van der Waals surface area contributed by atoms with E-state index in [1.165, 1.54) is 31.2 Å². The number of Topliss-reactive ketones (excluding diaryl/α,β-unsaturated/α-hetero) is 1. The van der Waals surface area contributed by atoms with E-state index in [1.807, 2.05) is 0 Å². The molecule has 7 heteroatoms. The van der Waals surface area contributed by atoms with Crippen LogP contribution in [0, 0.1) is 17.0 Å². The van der Waals surface area contributed by atoms with Gasteiger partial charge in [0.15, 0.2) is 0 Å². The van der Waals surface area contributed by atoms with Crippen LogP contribution in [0.4, 0.5) is 8.78 Å². The highest BCUT2D eigenvalue weighted by Gasteiger charge is 2.46. The zero-order valence-corrected chi connectivity index (χ0v) is 18.5. The molecule has 0 radical (unpaired) electrons. The fourth-order valence-corrected chi connectivity index (χ4v) is 4.09. The van der Waals surface area contributed by atoms with Crippen LogP contribution in [0.2, 0.25) is 0 Å². The summed E-state index contributed by atoms with van der Waals surface area (Å²) in [7, 11) is 0. The monoisotopic (exact) mass is 445 g/mol. The van der Waals surface area contributed by atoms with Crippen molar-refractivity contribution >= 4 is 11.8 Å². The van der Waals surface area contributed by atoms with Crippen molar-refractivity contribution < 1.29 is 27.8 Å². The maximum absolute atomic E-state index is 13.4. The van der Waals surface area contributed by atoms with Crippen molar-refractivity contribution in [3.05, 3.63) is 71.3 Å². The summed E-state index contributed by atoms with van der Waals surface area (Å²) in [6.45, 7) is 5.59. The standard InChI is InChI=1S/C25H29F2NO4/c1-3-31-24(30)25(18(2)29)12-14-28(15-13-25)16-17-32-23(19-4-8-21(26)9-5-19)20-6-10-22(27)11-7-20/h4-11,23H,3,12-17H2,1-2H3. The van der Waals surface area contributed by atoms with Crippen LogP contribution < -0.4 is 0 Å². The zero-order valence-electron chi connectivity index (χ0n) is 18.5. The molecule has 1 aliphatic heterocycles. The van der Waals surface area contributed by atoms with Crippen molar-refractivity contribution in [2.24, 2.45) is 5.41 Å². The Morgan fingerprint density at radius 3 is 1.91 bits per heavy atom. The SMILES string of the molecule is CCOC(=O)C1(C(C)=O)CCN(CCOC(c2ccc(F)cc2)c2ccc(F)cc2)CC1. The molecule has 5 nitrogen and oxygen atoms in total. The summed E-state index contributed by atoms with van der Waals surface area (Å²) in [4.78, 5) is 26.8. The summed E-state index contributed by atoms with van der Waals surface area (Å²) >= 11 is 0. The molecule has 32 heavy (non-hydrogen) atoms. The van der Waals surface area contributed by atoms with Gasteiger partial charge in [0.1, 0.15) is 28.9 Å². The molecule has 0 atom stereocenters. The molecular weight excluding hydrogens is 416 g/mol. The molecule has 1 fully saturated rings. The third-order valence-electron chi connectivity index (χ3n) is 6.09.